The Bertz CT molecular complexity index is 1150. The van der Waals surface area contributed by atoms with Crippen molar-refractivity contribution in [1.82, 2.24) is 15.2 Å². The van der Waals surface area contributed by atoms with Gasteiger partial charge in [0.15, 0.2) is 0 Å². The highest BCUT2D eigenvalue weighted by atomic mass is 16.5. The normalized spacial score (nSPS) is 14.2. The summed E-state index contributed by atoms with van der Waals surface area (Å²) in [6.45, 7) is 2.77. The summed E-state index contributed by atoms with van der Waals surface area (Å²) < 4.78 is 5.25. The first-order valence-corrected chi connectivity index (χ1v) is 11.9. The van der Waals surface area contributed by atoms with Crippen molar-refractivity contribution in [3.05, 3.63) is 75.6 Å². The van der Waals surface area contributed by atoms with E-state index in [2.05, 4.69) is 23.3 Å². The molecule has 33 heavy (non-hydrogen) atoms. The van der Waals surface area contributed by atoms with Crippen LogP contribution in [0.25, 0.3) is 10.9 Å². The number of fused-ring (bicyclic) bond motifs is 1. The molecule has 0 radical (unpaired) electrons. The van der Waals surface area contributed by atoms with E-state index in [0.717, 1.165) is 54.3 Å². The third-order valence-electron chi connectivity index (χ3n) is 6.51. The van der Waals surface area contributed by atoms with Gasteiger partial charge in [-0.15, -0.1) is 0 Å². The molecule has 1 aliphatic rings. The maximum absolute atomic E-state index is 13.3. The zero-order valence-electron chi connectivity index (χ0n) is 19.5. The number of aromatic amines is 1. The molecule has 2 N–H and O–H groups in total. The van der Waals surface area contributed by atoms with Crippen LogP contribution in [-0.2, 0) is 19.5 Å². The molecule has 0 atom stereocenters. The molecular weight excluding hydrogens is 414 g/mol. The van der Waals surface area contributed by atoms with Gasteiger partial charge in [0.2, 0.25) is 0 Å². The summed E-state index contributed by atoms with van der Waals surface area (Å²) in [4.78, 5) is 30.9. The van der Waals surface area contributed by atoms with Crippen LogP contribution in [-0.4, -0.2) is 29.1 Å². The largest absolute Gasteiger partial charge is 0.497 e. The van der Waals surface area contributed by atoms with Gasteiger partial charge >= 0.3 is 6.03 Å². The van der Waals surface area contributed by atoms with Crippen molar-refractivity contribution >= 4 is 16.9 Å². The van der Waals surface area contributed by atoms with Crippen molar-refractivity contribution in [2.45, 2.75) is 64.6 Å². The predicted molar refractivity (Wildman–Crippen MR) is 132 cm³/mol. The van der Waals surface area contributed by atoms with Gasteiger partial charge in [-0.2, -0.15) is 0 Å². The third-order valence-corrected chi connectivity index (χ3v) is 6.51. The molecule has 1 aliphatic carbocycles. The number of pyridine rings is 1. The van der Waals surface area contributed by atoms with Crippen LogP contribution in [0.4, 0.5) is 4.79 Å². The molecule has 6 nitrogen and oxygen atoms in total. The van der Waals surface area contributed by atoms with Gasteiger partial charge in [0, 0.05) is 23.7 Å². The minimum atomic E-state index is -0.156. The van der Waals surface area contributed by atoms with E-state index >= 15 is 0 Å². The molecule has 1 fully saturated rings. The number of aryl methyl sites for hydroxylation is 1. The van der Waals surface area contributed by atoms with Gasteiger partial charge in [0.05, 0.1) is 13.7 Å². The molecule has 4 rings (SSSR count). The molecule has 2 aromatic carbocycles. The Hall–Kier alpha value is -3.28. The summed E-state index contributed by atoms with van der Waals surface area (Å²) in [6, 6.07) is 15.8. The number of urea groups is 1. The quantitative estimate of drug-likeness (QED) is 0.526. The van der Waals surface area contributed by atoms with Crippen molar-refractivity contribution in [2.75, 3.05) is 7.11 Å². The van der Waals surface area contributed by atoms with Gasteiger partial charge < -0.3 is 19.9 Å². The van der Waals surface area contributed by atoms with E-state index in [1.54, 1.807) is 12.0 Å². The highest BCUT2D eigenvalue weighted by Crippen LogP contribution is 2.20. The van der Waals surface area contributed by atoms with E-state index in [9.17, 15) is 9.59 Å². The van der Waals surface area contributed by atoms with Gasteiger partial charge in [0.1, 0.15) is 5.75 Å². The first-order chi connectivity index (χ1) is 16.1. The van der Waals surface area contributed by atoms with Gasteiger partial charge in [-0.25, -0.2) is 4.79 Å². The van der Waals surface area contributed by atoms with Crippen LogP contribution in [0.1, 0.15) is 55.7 Å². The second-order valence-electron chi connectivity index (χ2n) is 8.89. The number of nitrogens with zero attached hydrogens (tertiary/aromatic N) is 1. The van der Waals surface area contributed by atoms with Crippen LogP contribution in [0.15, 0.2) is 53.3 Å². The molecule has 1 heterocycles. The van der Waals surface area contributed by atoms with Gasteiger partial charge in [0.25, 0.3) is 5.56 Å². The molecule has 1 aromatic heterocycles. The first-order valence-electron chi connectivity index (χ1n) is 11.9. The molecule has 3 aromatic rings. The SMILES string of the molecule is CCc1ccc2[nH]c(=O)c(CN(Cc3ccc(OC)cc3)C(=O)NC3CCCCC3)cc2c1. The van der Waals surface area contributed by atoms with Crippen molar-refractivity contribution in [1.29, 1.82) is 0 Å². The first kappa shape index (κ1) is 22.9. The number of hydrogen-bond acceptors (Lipinski definition) is 3. The summed E-state index contributed by atoms with van der Waals surface area (Å²) >= 11 is 0. The molecule has 0 saturated heterocycles. The van der Waals surface area contributed by atoms with Gasteiger partial charge in [-0.3, -0.25) is 4.79 Å². The summed E-state index contributed by atoms with van der Waals surface area (Å²) in [5.41, 5.74) is 3.44. The Morgan fingerprint density at radius 2 is 1.76 bits per heavy atom. The Labute approximate surface area is 195 Å². The van der Waals surface area contributed by atoms with Crippen LogP contribution < -0.4 is 15.6 Å². The number of amides is 2. The zero-order valence-corrected chi connectivity index (χ0v) is 19.5. The number of methoxy groups -OCH3 is 1. The maximum atomic E-state index is 13.3. The van der Waals surface area contributed by atoms with Crippen LogP contribution in [0, 0.1) is 0 Å². The highest BCUT2D eigenvalue weighted by Gasteiger charge is 2.21. The lowest BCUT2D eigenvalue weighted by Crippen LogP contribution is -2.45. The Morgan fingerprint density at radius 3 is 2.45 bits per heavy atom. The lowest BCUT2D eigenvalue weighted by molar-refractivity contribution is 0.184. The second-order valence-corrected chi connectivity index (χ2v) is 8.89. The number of carbonyl (C=O) groups excluding carboxylic acids is 1. The van der Waals surface area contributed by atoms with Crippen LogP contribution in [0.2, 0.25) is 0 Å². The van der Waals surface area contributed by atoms with E-state index in [1.807, 2.05) is 42.5 Å². The van der Waals surface area contributed by atoms with Crippen LogP contribution in [0.5, 0.6) is 5.75 Å². The minimum absolute atomic E-state index is 0.125. The summed E-state index contributed by atoms with van der Waals surface area (Å²) in [5.74, 6) is 0.773. The minimum Gasteiger partial charge on any atom is -0.497 e. The average Bonchev–Trinajstić information content (AvgIpc) is 2.84. The lowest BCUT2D eigenvalue weighted by atomic mass is 9.96. The van der Waals surface area contributed by atoms with Crippen molar-refractivity contribution in [3.8, 4) is 5.75 Å². The highest BCUT2D eigenvalue weighted by molar-refractivity contribution is 5.80. The summed E-state index contributed by atoms with van der Waals surface area (Å²) in [7, 11) is 1.63. The Morgan fingerprint density at radius 1 is 1.03 bits per heavy atom. The standard InChI is InChI=1S/C27H33N3O3/c1-3-19-11-14-25-21(15-19)16-22(26(31)29-25)18-30(17-20-9-12-24(33-2)13-10-20)27(32)28-23-7-5-4-6-8-23/h9-16,23H,3-8,17-18H2,1-2H3,(H,28,32)(H,29,31). The number of aromatic nitrogens is 1. The van der Waals surface area contributed by atoms with E-state index in [4.69, 9.17) is 4.74 Å². The fourth-order valence-corrected chi connectivity index (χ4v) is 4.51. The average molecular weight is 448 g/mol. The van der Waals surface area contributed by atoms with E-state index in [-0.39, 0.29) is 24.2 Å². The third kappa shape index (κ3) is 5.75. The molecule has 1 saturated carbocycles. The second kappa shape index (κ2) is 10.6. The number of rotatable bonds is 7. The number of H-pyrrole nitrogens is 1. The lowest BCUT2D eigenvalue weighted by Gasteiger charge is -2.28. The smallest absolute Gasteiger partial charge is 0.318 e. The topological polar surface area (TPSA) is 74.4 Å². The van der Waals surface area contributed by atoms with E-state index in [1.165, 1.54) is 12.0 Å². The Kier molecular flexibility index (Phi) is 7.33. The Balaban J connectivity index is 1.60. The molecule has 6 heteroatoms. The van der Waals surface area contributed by atoms with Crippen molar-refractivity contribution in [3.63, 3.8) is 0 Å². The number of hydrogen-bond donors (Lipinski definition) is 2. The fraction of sp³-hybridized carbons (Fsp3) is 0.407. The number of nitrogens with one attached hydrogen (secondary N) is 2. The van der Waals surface area contributed by atoms with Crippen LogP contribution in [0.3, 0.4) is 0 Å². The fourth-order valence-electron chi connectivity index (χ4n) is 4.51. The summed E-state index contributed by atoms with van der Waals surface area (Å²) in [5, 5.41) is 4.19. The number of ether oxygens (including phenoxy) is 1. The van der Waals surface area contributed by atoms with Crippen molar-refractivity contribution < 1.29 is 9.53 Å². The van der Waals surface area contributed by atoms with Crippen molar-refractivity contribution in [2.24, 2.45) is 0 Å². The molecular formula is C27H33N3O3. The molecule has 0 aliphatic heterocycles. The molecule has 0 spiro atoms. The molecule has 0 bridgehead atoms. The summed E-state index contributed by atoms with van der Waals surface area (Å²) in [6.07, 6.45) is 6.48. The molecule has 2 amide bonds. The van der Waals surface area contributed by atoms with Gasteiger partial charge in [-0.05, 0) is 66.1 Å². The maximum Gasteiger partial charge on any atom is 0.318 e. The number of benzene rings is 2. The molecule has 174 valence electrons. The predicted octanol–water partition coefficient (Wildman–Crippen LogP) is 5.14. The zero-order chi connectivity index (χ0) is 23.2. The van der Waals surface area contributed by atoms with Crippen LogP contribution >= 0.6 is 0 Å². The number of carbonyl (C=O) groups is 1. The van der Waals surface area contributed by atoms with E-state index < -0.39 is 0 Å². The van der Waals surface area contributed by atoms with E-state index in [0.29, 0.717) is 12.1 Å². The van der Waals surface area contributed by atoms with Gasteiger partial charge in [-0.1, -0.05) is 44.4 Å². The monoisotopic (exact) mass is 447 g/mol. The molecule has 0 unspecified atom stereocenters.